The maximum absolute atomic E-state index is 12.4. The normalized spacial score (nSPS) is 13.3. The van der Waals surface area contributed by atoms with Gasteiger partial charge in [0.05, 0.1) is 11.3 Å². The molecule has 2 aromatic rings. The molecule has 6 nitrogen and oxygen atoms in total. The second-order valence-corrected chi connectivity index (χ2v) is 7.27. The smallest absolute Gasteiger partial charge is 0.414 e. The molecule has 1 aliphatic heterocycles. The standard InChI is InChI=1S/C20H23N3O3/c1-20(2,3)26-19(25)23-11-10-13-12-14(8-9-17(13)23)22-18(24)15-6-4-5-7-16(15)21/h4-9,12H,10-11,21H2,1-3H3,(H,22,24). The third-order valence-corrected chi connectivity index (χ3v) is 4.05. The van der Waals surface area contributed by atoms with Crippen LogP contribution in [0, 0.1) is 0 Å². The molecule has 0 fully saturated rings. The first-order chi connectivity index (χ1) is 12.2. The van der Waals surface area contributed by atoms with Crippen molar-refractivity contribution < 1.29 is 14.3 Å². The third-order valence-electron chi connectivity index (χ3n) is 4.05. The second kappa shape index (κ2) is 6.71. The summed E-state index contributed by atoms with van der Waals surface area (Å²) in [6.07, 6.45) is 0.358. The van der Waals surface area contributed by atoms with Gasteiger partial charge in [-0.1, -0.05) is 12.1 Å². The number of rotatable bonds is 2. The Labute approximate surface area is 152 Å². The minimum Gasteiger partial charge on any atom is -0.443 e. The molecule has 26 heavy (non-hydrogen) atoms. The molecule has 0 bridgehead atoms. The maximum atomic E-state index is 12.4. The van der Waals surface area contributed by atoms with Crippen molar-refractivity contribution >= 4 is 29.1 Å². The lowest BCUT2D eigenvalue weighted by Crippen LogP contribution is -2.35. The number of hydrogen-bond donors (Lipinski definition) is 2. The molecule has 2 aromatic carbocycles. The van der Waals surface area contributed by atoms with E-state index in [0.29, 0.717) is 29.9 Å². The number of nitrogen functional groups attached to an aromatic ring is 1. The summed E-state index contributed by atoms with van der Waals surface area (Å²) in [5, 5.41) is 2.86. The van der Waals surface area contributed by atoms with Gasteiger partial charge in [-0.15, -0.1) is 0 Å². The Bertz CT molecular complexity index is 856. The summed E-state index contributed by atoms with van der Waals surface area (Å²) in [4.78, 5) is 26.3. The molecule has 0 unspecified atom stereocenters. The predicted octanol–water partition coefficient (Wildman–Crippen LogP) is 3.82. The number of nitrogens with two attached hydrogens (primary N) is 1. The fraction of sp³-hybridized carbons (Fsp3) is 0.300. The first-order valence-electron chi connectivity index (χ1n) is 8.54. The molecule has 0 aromatic heterocycles. The monoisotopic (exact) mass is 353 g/mol. The number of ether oxygens (including phenoxy) is 1. The van der Waals surface area contributed by atoms with Crippen molar-refractivity contribution in [3.8, 4) is 0 Å². The number of fused-ring (bicyclic) bond motifs is 1. The lowest BCUT2D eigenvalue weighted by Gasteiger charge is -2.24. The summed E-state index contributed by atoms with van der Waals surface area (Å²) in [5.41, 5.74) is 8.66. The first kappa shape index (κ1) is 17.8. The molecule has 6 heteroatoms. The van der Waals surface area contributed by atoms with Crippen molar-refractivity contribution in [3.05, 3.63) is 53.6 Å². The number of anilines is 3. The summed E-state index contributed by atoms with van der Waals surface area (Å²) in [5.74, 6) is -0.259. The number of carbonyl (C=O) groups is 2. The highest BCUT2D eigenvalue weighted by Crippen LogP contribution is 2.32. The Morgan fingerprint density at radius 3 is 2.58 bits per heavy atom. The van der Waals surface area contributed by atoms with Gasteiger partial charge < -0.3 is 15.8 Å². The molecule has 2 amide bonds. The molecule has 1 heterocycles. The first-order valence-corrected chi connectivity index (χ1v) is 8.54. The van der Waals surface area contributed by atoms with Crippen LogP contribution in [0.15, 0.2) is 42.5 Å². The van der Waals surface area contributed by atoms with Crippen LogP contribution in [0.1, 0.15) is 36.7 Å². The Hall–Kier alpha value is -3.02. The molecule has 3 rings (SSSR count). The van der Waals surface area contributed by atoms with Gasteiger partial charge in [0.1, 0.15) is 5.60 Å². The number of benzene rings is 2. The van der Waals surface area contributed by atoms with Gasteiger partial charge >= 0.3 is 6.09 Å². The van der Waals surface area contributed by atoms with E-state index in [1.807, 2.05) is 32.9 Å². The lowest BCUT2D eigenvalue weighted by molar-refractivity contribution is 0.0584. The van der Waals surface area contributed by atoms with Crippen LogP contribution in [0.4, 0.5) is 21.9 Å². The summed E-state index contributed by atoms with van der Waals surface area (Å²) in [6, 6.07) is 12.4. The summed E-state index contributed by atoms with van der Waals surface area (Å²) < 4.78 is 5.45. The molecule has 136 valence electrons. The van der Waals surface area contributed by atoms with Crippen molar-refractivity contribution in [1.29, 1.82) is 0 Å². The van der Waals surface area contributed by atoms with Crippen LogP contribution in [0.2, 0.25) is 0 Å². The molecule has 0 saturated heterocycles. The SMILES string of the molecule is CC(C)(C)OC(=O)N1CCc2cc(NC(=O)c3ccccc3N)ccc21. The van der Waals surface area contributed by atoms with E-state index < -0.39 is 5.60 Å². The van der Waals surface area contributed by atoms with E-state index in [0.717, 1.165) is 11.3 Å². The molecule has 0 atom stereocenters. The lowest BCUT2D eigenvalue weighted by atomic mass is 10.1. The Kier molecular flexibility index (Phi) is 4.59. The minimum atomic E-state index is -0.538. The number of carbonyl (C=O) groups excluding carboxylic acids is 2. The van der Waals surface area contributed by atoms with Crippen LogP contribution in [-0.4, -0.2) is 24.1 Å². The van der Waals surface area contributed by atoms with Gasteiger partial charge in [-0.3, -0.25) is 9.69 Å². The van der Waals surface area contributed by atoms with E-state index in [1.165, 1.54) is 0 Å². The van der Waals surface area contributed by atoms with Crippen molar-refractivity contribution in [2.75, 3.05) is 22.5 Å². The van der Waals surface area contributed by atoms with Gasteiger partial charge in [0.15, 0.2) is 0 Å². The third kappa shape index (κ3) is 3.79. The number of para-hydroxylation sites is 1. The topological polar surface area (TPSA) is 84.7 Å². The van der Waals surface area contributed by atoms with Crippen molar-refractivity contribution in [2.45, 2.75) is 32.8 Å². The van der Waals surface area contributed by atoms with Gasteiger partial charge in [-0.2, -0.15) is 0 Å². The minimum absolute atomic E-state index is 0.259. The van der Waals surface area contributed by atoms with Gasteiger partial charge in [0.25, 0.3) is 5.91 Å². The average molecular weight is 353 g/mol. The molecule has 3 N–H and O–H groups in total. The van der Waals surface area contributed by atoms with E-state index in [-0.39, 0.29) is 12.0 Å². The van der Waals surface area contributed by atoms with E-state index in [2.05, 4.69) is 5.32 Å². The Morgan fingerprint density at radius 1 is 1.15 bits per heavy atom. The highest BCUT2D eigenvalue weighted by atomic mass is 16.6. The molecular weight excluding hydrogens is 330 g/mol. The van der Waals surface area contributed by atoms with Crippen LogP contribution >= 0.6 is 0 Å². The van der Waals surface area contributed by atoms with Crippen LogP contribution in [-0.2, 0) is 11.2 Å². The van der Waals surface area contributed by atoms with Crippen molar-refractivity contribution in [1.82, 2.24) is 0 Å². The number of amides is 2. The van der Waals surface area contributed by atoms with Gasteiger partial charge in [0.2, 0.25) is 0 Å². The van der Waals surface area contributed by atoms with Crippen molar-refractivity contribution in [2.24, 2.45) is 0 Å². The molecular formula is C20H23N3O3. The summed E-state index contributed by atoms with van der Waals surface area (Å²) >= 11 is 0. The van der Waals surface area contributed by atoms with Crippen LogP contribution in [0.3, 0.4) is 0 Å². The number of nitrogens with zero attached hydrogens (tertiary/aromatic N) is 1. The maximum Gasteiger partial charge on any atom is 0.414 e. The zero-order valence-electron chi connectivity index (χ0n) is 15.2. The molecule has 0 saturated carbocycles. The summed E-state index contributed by atoms with van der Waals surface area (Å²) in [6.45, 7) is 6.09. The predicted molar refractivity (Wildman–Crippen MR) is 103 cm³/mol. The zero-order chi connectivity index (χ0) is 18.9. The molecule has 0 radical (unpaired) electrons. The average Bonchev–Trinajstić information content (AvgIpc) is 2.97. The van der Waals surface area contributed by atoms with Crippen LogP contribution < -0.4 is 16.0 Å². The van der Waals surface area contributed by atoms with E-state index in [9.17, 15) is 9.59 Å². The van der Waals surface area contributed by atoms with Crippen LogP contribution in [0.5, 0.6) is 0 Å². The Balaban J connectivity index is 1.75. The largest absolute Gasteiger partial charge is 0.443 e. The summed E-state index contributed by atoms with van der Waals surface area (Å²) in [7, 11) is 0. The van der Waals surface area contributed by atoms with Gasteiger partial charge in [0, 0.05) is 17.9 Å². The van der Waals surface area contributed by atoms with E-state index in [4.69, 9.17) is 10.5 Å². The van der Waals surface area contributed by atoms with Crippen LogP contribution in [0.25, 0.3) is 0 Å². The van der Waals surface area contributed by atoms with Crippen molar-refractivity contribution in [3.63, 3.8) is 0 Å². The molecule has 1 aliphatic rings. The Morgan fingerprint density at radius 2 is 1.88 bits per heavy atom. The highest BCUT2D eigenvalue weighted by molar-refractivity contribution is 6.08. The molecule has 0 aliphatic carbocycles. The molecule has 0 spiro atoms. The van der Waals surface area contributed by atoms with Gasteiger partial charge in [-0.05, 0) is 63.1 Å². The highest BCUT2D eigenvalue weighted by Gasteiger charge is 2.29. The fourth-order valence-electron chi connectivity index (χ4n) is 2.89. The second-order valence-electron chi connectivity index (χ2n) is 7.27. The van der Waals surface area contributed by atoms with Gasteiger partial charge in [-0.25, -0.2) is 4.79 Å². The van der Waals surface area contributed by atoms with E-state index >= 15 is 0 Å². The number of nitrogens with one attached hydrogen (secondary N) is 1. The number of hydrogen-bond acceptors (Lipinski definition) is 4. The zero-order valence-corrected chi connectivity index (χ0v) is 15.2. The quantitative estimate of drug-likeness (QED) is 0.804. The van der Waals surface area contributed by atoms with E-state index in [1.54, 1.807) is 35.2 Å². The fourth-order valence-corrected chi connectivity index (χ4v) is 2.89.